The molecule has 1 aromatic heterocycles. The van der Waals surface area contributed by atoms with E-state index in [1.54, 1.807) is 17.4 Å². The molecule has 3 nitrogen and oxygen atoms in total. The fourth-order valence-electron chi connectivity index (χ4n) is 1.65. The molecule has 0 bridgehead atoms. The first kappa shape index (κ1) is 12.7. The number of hydrogen-bond donors (Lipinski definition) is 0. The molecule has 0 aliphatic carbocycles. The Morgan fingerprint density at radius 1 is 1.44 bits per heavy atom. The van der Waals surface area contributed by atoms with Crippen molar-refractivity contribution in [1.82, 2.24) is 4.98 Å². The van der Waals surface area contributed by atoms with E-state index in [1.165, 1.54) is 4.88 Å². The van der Waals surface area contributed by atoms with Crippen molar-refractivity contribution in [3.8, 4) is 6.07 Å². The van der Waals surface area contributed by atoms with Crippen LogP contribution in [-0.4, -0.2) is 11.6 Å². The number of rotatable bonds is 5. The second kappa shape index (κ2) is 6.29. The number of aromatic nitrogens is 1. The van der Waals surface area contributed by atoms with Gasteiger partial charge in [-0.25, -0.2) is 4.98 Å². The normalized spacial score (nSPS) is 10.2. The SMILES string of the molecule is Cc1ncsc1CCOCc1cccc(C#N)c1. The molecule has 0 atom stereocenters. The lowest BCUT2D eigenvalue weighted by molar-refractivity contribution is 0.124. The van der Waals surface area contributed by atoms with Crippen LogP contribution in [-0.2, 0) is 17.8 Å². The Balaban J connectivity index is 1.79. The maximum atomic E-state index is 8.79. The summed E-state index contributed by atoms with van der Waals surface area (Å²) in [6, 6.07) is 9.63. The Bertz CT molecular complexity index is 557. The molecule has 0 aliphatic rings. The molecule has 0 unspecified atom stereocenters. The number of thiazole rings is 1. The van der Waals surface area contributed by atoms with Gasteiger partial charge in [-0.3, -0.25) is 0 Å². The molecule has 2 rings (SSSR count). The molecule has 0 saturated carbocycles. The van der Waals surface area contributed by atoms with Crippen LogP contribution in [0.1, 0.15) is 21.7 Å². The van der Waals surface area contributed by atoms with Crippen molar-refractivity contribution in [1.29, 1.82) is 5.26 Å². The molecule has 18 heavy (non-hydrogen) atoms. The van der Waals surface area contributed by atoms with Crippen molar-refractivity contribution in [3.63, 3.8) is 0 Å². The van der Waals surface area contributed by atoms with Gasteiger partial charge in [-0.1, -0.05) is 12.1 Å². The largest absolute Gasteiger partial charge is 0.376 e. The molecule has 1 heterocycles. The van der Waals surface area contributed by atoms with Crippen LogP contribution in [0.4, 0.5) is 0 Å². The molecule has 4 heteroatoms. The van der Waals surface area contributed by atoms with E-state index in [-0.39, 0.29) is 0 Å². The molecule has 0 saturated heterocycles. The van der Waals surface area contributed by atoms with Gasteiger partial charge in [-0.05, 0) is 24.6 Å². The fraction of sp³-hybridized carbons (Fsp3) is 0.286. The summed E-state index contributed by atoms with van der Waals surface area (Å²) in [5, 5.41) is 8.79. The van der Waals surface area contributed by atoms with Gasteiger partial charge in [0.25, 0.3) is 0 Å². The zero-order valence-corrected chi connectivity index (χ0v) is 11.0. The second-order valence-electron chi connectivity index (χ2n) is 3.98. The predicted octanol–water partition coefficient (Wildman–Crippen LogP) is 3.08. The van der Waals surface area contributed by atoms with Crippen molar-refractivity contribution >= 4 is 11.3 Å². The van der Waals surface area contributed by atoms with Crippen LogP contribution in [0.25, 0.3) is 0 Å². The number of benzene rings is 1. The summed E-state index contributed by atoms with van der Waals surface area (Å²) in [7, 11) is 0. The van der Waals surface area contributed by atoms with E-state index in [1.807, 2.05) is 30.6 Å². The zero-order valence-electron chi connectivity index (χ0n) is 10.2. The topological polar surface area (TPSA) is 45.9 Å². The van der Waals surface area contributed by atoms with Gasteiger partial charge < -0.3 is 4.74 Å². The lowest BCUT2D eigenvalue weighted by Gasteiger charge is -2.04. The first-order valence-corrected chi connectivity index (χ1v) is 6.63. The van der Waals surface area contributed by atoms with Gasteiger partial charge in [-0.15, -0.1) is 11.3 Å². The van der Waals surface area contributed by atoms with Crippen LogP contribution in [0.5, 0.6) is 0 Å². The third kappa shape index (κ3) is 3.39. The van der Waals surface area contributed by atoms with E-state index in [0.717, 1.165) is 17.7 Å². The lowest BCUT2D eigenvalue weighted by atomic mass is 10.1. The molecule has 0 spiro atoms. The fourth-order valence-corrected chi connectivity index (χ4v) is 2.41. The Labute approximate surface area is 111 Å². The third-order valence-electron chi connectivity index (χ3n) is 2.64. The van der Waals surface area contributed by atoms with Gasteiger partial charge in [0, 0.05) is 11.3 Å². The quantitative estimate of drug-likeness (QED) is 0.774. The predicted molar refractivity (Wildman–Crippen MR) is 71.4 cm³/mol. The first-order chi connectivity index (χ1) is 8.79. The van der Waals surface area contributed by atoms with Crippen molar-refractivity contribution in [2.75, 3.05) is 6.61 Å². The van der Waals surface area contributed by atoms with Crippen molar-refractivity contribution in [2.24, 2.45) is 0 Å². The minimum absolute atomic E-state index is 0.549. The van der Waals surface area contributed by atoms with E-state index < -0.39 is 0 Å². The molecule has 0 radical (unpaired) electrons. The van der Waals surface area contributed by atoms with Crippen molar-refractivity contribution in [3.05, 3.63) is 51.5 Å². The molecular weight excluding hydrogens is 244 g/mol. The van der Waals surface area contributed by atoms with Crippen molar-refractivity contribution < 1.29 is 4.74 Å². The van der Waals surface area contributed by atoms with Crippen LogP contribution >= 0.6 is 11.3 Å². The summed E-state index contributed by atoms with van der Waals surface area (Å²) in [5.74, 6) is 0. The van der Waals surface area contributed by atoms with Crippen LogP contribution in [0.15, 0.2) is 29.8 Å². The van der Waals surface area contributed by atoms with Crippen LogP contribution < -0.4 is 0 Å². The van der Waals surface area contributed by atoms with Gasteiger partial charge in [0.1, 0.15) is 0 Å². The second-order valence-corrected chi connectivity index (χ2v) is 4.92. The number of nitrogens with zero attached hydrogens (tertiary/aromatic N) is 2. The molecular formula is C14H14N2OS. The highest BCUT2D eigenvalue weighted by atomic mass is 32.1. The summed E-state index contributed by atoms with van der Waals surface area (Å²) < 4.78 is 5.62. The van der Waals surface area contributed by atoms with Gasteiger partial charge in [0.05, 0.1) is 36.1 Å². The molecule has 1 aromatic carbocycles. The van der Waals surface area contributed by atoms with Crippen molar-refractivity contribution in [2.45, 2.75) is 20.0 Å². The lowest BCUT2D eigenvalue weighted by Crippen LogP contribution is -1.99. The highest BCUT2D eigenvalue weighted by Crippen LogP contribution is 2.13. The molecule has 0 fully saturated rings. The van der Waals surface area contributed by atoms with Crippen LogP contribution in [0.3, 0.4) is 0 Å². The average molecular weight is 258 g/mol. The number of nitriles is 1. The first-order valence-electron chi connectivity index (χ1n) is 5.75. The van der Waals surface area contributed by atoms with Gasteiger partial charge in [-0.2, -0.15) is 5.26 Å². The zero-order chi connectivity index (χ0) is 12.8. The Morgan fingerprint density at radius 2 is 2.33 bits per heavy atom. The monoisotopic (exact) mass is 258 g/mol. The standard InChI is InChI=1S/C14H14N2OS/c1-11-14(18-10-16-11)5-6-17-9-13-4-2-3-12(7-13)8-15/h2-4,7,10H,5-6,9H2,1H3. The summed E-state index contributed by atoms with van der Waals surface area (Å²) in [5.41, 5.74) is 4.67. The maximum absolute atomic E-state index is 8.79. The Morgan fingerprint density at radius 3 is 3.06 bits per heavy atom. The Kier molecular flexibility index (Phi) is 4.46. The minimum atomic E-state index is 0.549. The molecule has 92 valence electrons. The number of ether oxygens (including phenoxy) is 1. The summed E-state index contributed by atoms with van der Waals surface area (Å²) >= 11 is 1.67. The number of aryl methyl sites for hydroxylation is 1. The maximum Gasteiger partial charge on any atom is 0.0991 e. The summed E-state index contributed by atoms with van der Waals surface area (Å²) in [6.45, 7) is 3.25. The minimum Gasteiger partial charge on any atom is -0.376 e. The summed E-state index contributed by atoms with van der Waals surface area (Å²) in [4.78, 5) is 5.48. The van der Waals surface area contributed by atoms with E-state index in [4.69, 9.17) is 10.00 Å². The van der Waals surface area contributed by atoms with E-state index in [2.05, 4.69) is 11.1 Å². The third-order valence-corrected chi connectivity index (χ3v) is 3.64. The van der Waals surface area contributed by atoms with Gasteiger partial charge in [0.2, 0.25) is 0 Å². The highest BCUT2D eigenvalue weighted by Gasteiger charge is 2.01. The van der Waals surface area contributed by atoms with E-state index >= 15 is 0 Å². The van der Waals surface area contributed by atoms with E-state index in [9.17, 15) is 0 Å². The van der Waals surface area contributed by atoms with Crippen LogP contribution in [0, 0.1) is 18.3 Å². The molecule has 0 amide bonds. The number of hydrogen-bond acceptors (Lipinski definition) is 4. The van der Waals surface area contributed by atoms with Gasteiger partial charge in [0.15, 0.2) is 0 Å². The van der Waals surface area contributed by atoms with Crippen LogP contribution in [0.2, 0.25) is 0 Å². The smallest absolute Gasteiger partial charge is 0.0991 e. The molecule has 2 aromatic rings. The molecule has 0 N–H and O–H groups in total. The van der Waals surface area contributed by atoms with E-state index in [0.29, 0.717) is 18.8 Å². The van der Waals surface area contributed by atoms with Gasteiger partial charge >= 0.3 is 0 Å². The molecule has 0 aliphatic heterocycles. The Hall–Kier alpha value is -1.70. The summed E-state index contributed by atoms with van der Waals surface area (Å²) in [6.07, 6.45) is 0.897. The highest BCUT2D eigenvalue weighted by molar-refractivity contribution is 7.09. The average Bonchev–Trinajstić information content (AvgIpc) is 2.81.